The molecule has 0 radical (unpaired) electrons. The molecule has 0 spiro atoms. The van der Waals surface area contributed by atoms with Crippen molar-refractivity contribution in [2.45, 2.75) is 27.2 Å². The maximum atomic E-state index is 4.91. The Kier molecular flexibility index (Phi) is 5.51. The molecule has 1 N–H and O–H groups in total. The summed E-state index contributed by atoms with van der Waals surface area (Å²) in [6, 6.07) is 0. The molecule has 0 aromatic rings. The molecule has 0 amide bonds. The fourth-order valence-corrected chi connectivity index (χ4v) is 0.763. The Bertz CT molecular complexity index is 86.1. The van der Waals surface area contributed by atoms with E-state index in [0.29, 0.717) is 5.41 Å². The predicted molar refractivity (Wildman–Crippen MR) is 48.8 cm³/mol. The minimum absolute atomic E-state index is 0.445. The Morgan fingerprint density at radius 3 is 2.27 bits per heavy atom. The number of ether oxygens (including phenoxy) is 1. The Morgan fingerprint density at radius 2 is 1.82 bits per heavy atom. The summed E-state index contributed by atoms with van der Waals surface area (Å²) in [5.41, 5.74) is 0.445. The summed E-state index contributed by atoms with van der Waals surface area (Å²) in [6.07, 6.45) is 1.22. The van der Waals surface area contributed by atoms with Gasteiger partial charge in [0.2, 0.25) is 0 Å². The molecule has 0 aromatic heterocycles. The number of methoxy groups -OCH3 is 1. The van der Waals surface area contributed by atoms with Gasteiger partial charge in [-0.05, 0) is 18.4 Å². The van der Waals surface area contributed by atoms with Gasteiger partial charge in [-0.15, -0.1) is 0 Å². The third kappa shape index (κ3) is 9.92. The second kappa shape index (κ2) is 5.56. The molecule has 0 aromatic carbocycles. The molecule has 11 heavy (non-hydrogen) atoms. The fraction of sp³-hybridized carbons (Fsp3) is 1.00. The van der Waals surface area contributed by atoms with E-state index in [4.69, 9.17) is 4.74 Å². The van der Waals surface area contributed by atoms with Crippen molar-refractivity contribution in [3.63, 3.8) is 0 Å². The van der Waals surface area contributed by atoms with Gasteiger partial charge < -0.3 is 10.1 Å². The van der Waals surface area contributed by atoms with Crippen molar-refractivity contribution < 1.29 is 4.74 Å². The monoisotopic (exact) mass is 159 g/mol. The van der Waals surface area contributed by atoms with Gasteiger partial charge in [0.1, 0.15) is 0 Å². The van der Waals surface area contributed by atoms with E-state index in [1.165, 1.54) is 6.42 Å². The van der Waals surface area contributed by atoms with E-state index < -0.39 is 0 Å². The van der Waals surface area contributed by atoms with Gasteiger partial charge in [0.15, 0.2) is 0 Å². The second-order valence-electron chi connectivity index (χ2n) is 4.05. The zero-order valence-corrected chi connectivity index (χ0v) is 8.24. The summed E-state index contributed by atoms with van der Waals surface area (Å²) in [7, 11) is 1.73. The number of nitrogens with one attached hydrogen (secondary N) is 1. The molecule has 0 saturated carbocycles. The van der Waals surface area contributed by atoms with Crippen molar-refractivity contribution in [1.82, 2.24) is 5.32 Å². The molecule has 0 aliphatic carbocycles. The van der Waals surface area contributed by atoms with Crippen LogP contribution in [0.25, 0.3) is 0 Å². The van der Waals surface area contributed by atoms with E-state index >= 15 is 0 Å². The maximum Gasteiger partial charge on any atom is 0.0587 e. The van der Waals surface area contributed by atoms with Crippen molar-refractivity contribution in [2.24, 2.45) is 5.41 Å². The first-order chi connectivity index (χ1) is 5.06. The van der Waals surface area contributed by atoms with Gasteiger partial charge in [0.05, 0.1) is 6.61 Å². The van der Waals surface area contributed by atoms with E-state index in [1.807, 2.05) is 0 Å². The summed E-state index contributed by atoms with van der Waals surface area (Å²) in [4.78, 5) is 0. The van der Waals surface area contributed by atoms with E-state index in [0.717, 1.165) is 19.7 Å². The van der Waals surface area contributed by atoms with E-state index in [1.54, 1.807) is 7.11 Å². The van der Waals surface area contributed by atoms with Crippen LogP contribution >= 0.6 is 0 Å². The topological polar surface area (TPSA) is 21.3 Å². The van der Waals surface area contributed by atoms with Crippen molar-refractivity contribution in [3.8, 4) is 0 Å². The average Bonchev–Trinajstić information content (AvgIpc) is 1.85. The first-order valence-corrected chi connectivity index (χ1v) is 4.26. The van der Waals surface area contributed by atoms with Crippen LogP contribution in [0.15, 0.2) is 0 Å². The SMILES string of the molecule is COCCNCCC(C)(C)C. The van der Waals surface area contributed by atoms with Crippen LogP contribution in [0.2, 0.25) is 0 Å². The lowest BCUT2D eigenvalue weighted by Crippen LogP contribution is -2.23. The molecule has 0 aliphatic heterocycles. The lowest BCUT2D eigenvalue weighted by Gasteiger charge is -2.17. The fourth-order valence-electron chi connectivity index (χ4n) is 0.763. The normalized spacial score (nSPS) is 12.0. The highest BCUT2D eigenvalue weighted by Gasteiger charge is 2.08. The van der Waals surface area contributed by atoms with Gasteiger partial charge in [-0.1, -0.05) is 20.8 Å². The highest BCUT2D eigenvalue weighted by molar-refractivity contribution is 4.62. The highest BCUT2D eigenvalue weighted by atomic mass is 16.5. The number of hydrogen-bond acceptors (Lipinski definition) is 2. The van der Waals surface area contributed by atoms with Crippen LogP contribution in [0.5, 0.6) is 0 Å². The quantitative estimate of drug-likeness (QED) is 0.616. The van der Waals surface area contributed by atoms with Gasteiger partial charge in [-0.3, -0.25) is 0 Å². The molecule has 0 bridgehead atoms. The molecular formula is C9H21NO. The Morgan fingerprint density at radius 1 is 1.18 bits per heavy atom. The Balaban J connectivity index is 3.02. The lowest BCUT2D eigenvalue weighted by atomic mass is 9.92. The first-order valence-electron chi connectivity index (χ1n) is 4.26. The largest absolute Gasteiger partial charge is 0.383 e. The molecule has 0 aliphatic rings. The molecule has 0 heterocycles. The highest BCUT2D eigenvalue weighted by Crippen LogP contribution is 2.16. The standard InChI is InChI=1S/C9H21NO/c1-9(2,3)5-6-10-7-8-11-4/h10H,5-8H2,1-4H3. The summed E-state index contributed by atoms with van der Waals surface area (Å²) < 4.78 is 4.91. The first kappa shape index (κ1) is 10.9. The maximum absolute atomic E-state index is 4.91. The minimum atomic E-state index is 0.445. The molecule has 0 atom stereocenters. The van der Waals surface area contributed by atoms with E-state index in [9.17, 15) is 0 Å². The summed E-state index contributed by atoms with van der Waals surface area (Å²) in [6.45, 7) is 9.63. The molecule has 0 fully saturated rings. The number of hydrogen-bond donors (Lipinski definition) is 1. The van der Waals surface area contributed by atoms with E-state index in [-0.39, 0.29) is 0 Å². The van der Waals surface area contributed by atoms with Gasteiger partial charge >= 0.3 is 0 Å². The van der Waals surface area contributed by atoms with Crippen LogP contribution < -0.4 is 5.32 Å². The summed E-state index contributed by atoms with van der Waals surface area (Å²) in [5, 5.41) is 3.32. The smallest absolute Gasteiger partial charge is 0.0587 e. The Hall–Kier alpha value is -0.0800. The van der Waals surface area contributed by atoms with Crippen LogP contribution in [0.3, 0.4) is 0 Å². The third-order valence-electron chi connectivity index (χ3n) is 1.53. The van der Waals surface area contributed by atoms with Gasteiger partial charge in [-0.25, -0.2) is 0 Å². The van der Waals surface area contributed by atoms with Crippen molar-refractivity contribution in [2.75, 3.05) is 26.8 Å². The second-order valence-corrected chi connectivity index (χ2v) is 4.05. The number of rotatable bonds is 5. The van der Waals surface area contributed by atoms with Crippen LogP contribution in [-0.4, -0.2) is 26.8 Å². The third-order valence-corrected chi connectivity index (χ3v) is 1.53. The molecule has 0 rings (SSSR count). The molecule has 2 nitrogen and oxygen atoms in total. The van der Waals surface area contributed by atoms with Crippen molar-refractivity contribution in [3.05, 3.63) is 0 Å². The summed E-state index contributed by atoms with van der Waals surface area (Å²) >= 11 is 0. The molecule has 2 heteroatoms. The van der Waals surface area contributed by atoms with Crippen LogP contribution in [-0.2, 0) is 4.74 Å². The van der Waals surface area contributed by atoms with Crippen LogP contribution in [0.1, 0.15) is 27.2 Å². The molecular weight excluding hydrogens is 138 g/mol. The zero-order chi connectivity index (χ0) is 8.74. The molecule has 0 saturated heterocycles. The zero-order valence-electron chi connectivity index (χ0n) is 8.24. The van der Waals surface area contributed by atoms with Gasteiger partial charge in [0.25, 0.3) is 0 Å². The Labute approximate surface area is 70.3 Å². The average molecular weight is 159 g/mol. The van der Waals surface area contributed by atoms with Crippen LogP contribution in [0, 0.1) is 5.41 Å². The van der Waals surface area contributed by atoms with Crippen molar-refractivity contribution >= 4 is 0 Å². The minimum Gasteiger partial charge on any atom is -0.383 e. The van der Waals surface area contributed by atoms with E-state index in [2.05, 4.69) is 26.1 Å². The summed E-state index contributed by atoms with van der Waals surface area (Å²) in [5.74, 6) is 0. The van der Waals surface area contributed by atoms with Gasteiger partial charge in [0, 0.05) is 13.7 Å². The predicted octanol–water partition coefficient (Wildman–Crippen LogP) is 1.66. The van der Waals surface area contributed by atoms with Crippen LogP contribution in [0.4, 0.5) is 0 Å². The molecule has 68 valence electrons. The lowest BCUT2D eigenvalue weighted by molar-refractivity contribution is 0.198. The van der Waals surface area contributed by atoms with Crippen molar-refractivity contribution in [1.29, 1.82) is 0 Å². The van der Waals surface area contributed by atoms with Gasteiger partial charge in [-0.2, -0.15) is 0 Å². The molecule has 0 unspecified atom stereocenters.